The predicted molar refractivity (Wildman–Crippen MR) is 87.6 cm³/mol. The number of nitrogens with one attached hydrogen (secondary N) is 3. The Morgan fingerprint density at radius 2 is 2.22 bits per heavy atom. The monoisotopic (exact) mass is 325 g/mol. The average molecular weight is 325 g/mol. The molecule has 0 aliphatic carbocycles. The Hall–Kier alpha value is -3.20. The molecule has 0 fully saturated rings. The molecule has 23 heavy (non-hydrogen) atoms. The summed E-state index contributed by atoms with van der Waals surface area (Å²) in [7, 11) is 0. The van der Waals surface area contributed by atoms with Crippen LogP contribution in [0.5, 0.6) is 0 Å². The highest BCUT2D eigenvalue weighted by Gasteiger charge is 2.15. The minimum Gasteiger partial charge on any atom is -0.312 e. The molecule has 0 unspecified atom stereocenters. The molecular weight excluding hydrogens is 314 g/mol. The van der Waals surface area contributed by atoms with Crippen molar-refractivity contribution in [2.45, 2.75) is 0 Å². The molecule has 8 nitrogen and oxygen atoms in total. The van der Waals surface area contributed by atoms with Gasteiger partial charge >= 0.3 is 0 Å². The van der Waals surface area contributed by atoms with Gasteiger partial charge in [-0.2, -0.15) is 5.10 Å². The Morgan fingerprint density at radius 3 is 2.87 bits per heavy atom. The van der Waals surface area contributed by atoms with Gasteiger partial charge in [0.1, 0.15) is 22.0 Å². The molecule has 3 N–H and O–H groups in total. The lowest BCUT2D eigenvalue weighted by Crippen LogP contribution is -2.11. The van der Waals surface area contributed by atoms with Gasteiger partial charge in [-0.15, -0.1) is 0 Å². The molecular formula is C14H11N7OS. The van der Waals surface area contributed by atoms with Crippen molar-refractivity contribution in [3.05, 3.63) is 48.2 Å². The maximum atomic E-state index is 12.2. The zero-order chi connectivity index (χ0) is 16.2. The number of amides is 1. The van der Waals surface area contributed by atoms with Gasteiger partial charge in [0.25, 0.3) is 5.91 Å². The van der Waals surface area contributed by atoms with Crippen molar-refractivity contribution < 1.29 is 4.79 Å². The predicted octanol–water partition coefficient (Wildman–Crippen LogP) is 2.11. The van der Waals surface area contributed by atoms with E-state index in [2.05, 4.69) is 20.4 Å². The first-order valence-electron chi connectivity index (χ1n) is 6.49. The molecule has 0 atom stereocenters. The van der Waals surface area contributed by atoms with Gasteiger partial charge in [0.2, 0.25) is 0 Å². The van der Waals surface area contributed by atoms with E-state index in [4.69, 9.17) is 10.8 Å². The van der Waals surface area contributed by atoms with E-state index in [0.717, 1.165) is 18.1 Å². The van der Waals surface area contributed by atoms with E-state index in [-0.39, 0.29) is 5.91 Å². The largest absolute Gasteiger partial charge is 0.312 e. The molecule has 0 aromatic carbocycles. The van der Waals surface area contributed by atoms with Crippen LogP contribution < -0.4 is 5.32 Å². The third-order valence-electron chi connectivity index (χ3n) is 2.92. The van der Waals surface area contributed by atoms with Crippen molar-refractivity contribution in [3.63, 3.8) is 0 Å². The van der Waals surface area contributed by atoms with Crippen LogP contribution in [0.25, 0.3) is 10.6 Å². The maximum absolute atomic E-state index is 12.2. The van der Waals surface area contributed by atoms with E-state index < -0.39 is 0 Å². The van der Waals surface area contributed by atoms with Crippen molar-refractivity contribution in [3.8, 4) is 10.6 Å². The normalized spacial score (nSPS) is 10.3. The number of thiazole rings is 1. The zero-order valence-corrected chi connectivity index (χ0v) is 12.5. The van der Waals surface area contributed by atoms with E-state index in [0.29, 0.717) is 21.3 Å². The molecule has 0 bridgehead atoms. The van der Waals surface area contributed by atoms with Crippen LogP contribution in [-0.2, 0) is 0 Å². The third kappa shape index (κ3) is 3.04. The van der Waals surface area contributed by atoms with Gasteiger partial charge in [-0.1, -0.05) is 11.3 Å². The summed E-state index contributed by atoms with van der Waals surface area (Å²) in [4.78, 5) is 20.6. The summed E-state index contributed by atoms with van der Waals surface area (Å²) < 4.78 is 1.22. The number of hydrogen-bond acceptors (Lipinski definition) is 7. The van der Waals surface area contributed by atoms with Crippen LogP contribution in [-0.4, -0.2) is 38.2 Å². The Kier molecular flexibility index (Phi) is 4.02. The molecule has 3 rings (SSSR count). The molecule has 3 aromatic rings. The van der Waals surface area contributed by atoms with Crippen molar-refractivity contribution in [2.24, 2.45) is 0 Å². The Labute approximate surface area is 134 Å². The van der Waals surface area contributed by atoms with Crippen molar-refractivity contribution in [1.82, 2.24) is 19.7 Å². The number of carbonyl (C=O) groups is 1. The van der Waals surface area contributed by atoms with Crippen molar-refractivity contribution in [2.75, 3.05) is 5.32 Å². The fourth-order valence-corrected chi connectivity index (χ4v) is 2.76. The van der Waals surface area contributed by atoms with Crippen molar-refractivity contribution >= 4 is 34.8 Å². The highest BCUT2D eigenvalue weighted by molar-refractivity contribution is 7.19. The first-order chi connectivity index (χ1) is 11.2. The number of hydrogen-bond donors (Lipinski definition) is 3. The summed E-state index contributed by atoms with van der Waals surface area (Å²) >= 11 is 1.27. The van der Waals surface area contributed by atoms with Crippen LogP contribution in [0.2, 0.25) is 0 Å². The second-order valence-corrected chi connectivity index (χ2v) is 5.41. The fraction of sp³-hybridized carbons (Fsp3) is 0. The van der Waals surface area contributed by atoms with Crippen LogP contribution in [0.15, 0.2) is 36.9 Å². The molecule has 3 heterocycles. The number of nitrogens with zero attached hydrogens (tertiary/aromatic N) is 4. The molecule has 0 saturated heterocycles. The van der Waals surface area contributed by atoms with E-state index in [1.807, 2.05) is 6.07 Å². The molecule has 0 aliphatic heterocycles. The van der Waals surface area contributed by atoms with E-state index >= 15 is 0 Å². The van der Waals surface area contributed by atoms with Gasteiger partial charge in [0, 0.05) is 30.4 Å². The topological polar surface area (TPSA) is 120 Å². The fourth-order valence-electron chi connectivity index (χ4n) is 1.83. The highest BCUT2D eigenvalue weighted by atomic mass is 32.1. The highest BCUT2D eigenvalue weighted by Crippen LogP contribution is 2.31. The summed E-state index contributed by atoms with van der Waals surface area (Å²) in [5, 5.41) is 22.2. The van der Waals surface area contributed by atoms with Gasteiger partial charge < -0.3 is 10.7 Å². The molecule has 3 aromatic heterocycles. The lowest BCUT2D eigenvalue weighted by molar-refractivity contribution is 0.102. The molecule has 9 heteroatoms. The van der Waals surface area contributed by atoms with Gasteiger partial charge in [0.05, 0.1) is 11.8 Å². The van der Waals surface area contributed by atoms with Crippen LogP contribution in [0.1, 0.15) is 16.1 Å². The SMILES string of the molecule is N=Cc1nc(-c2cccnc2)sc1NC(=O)c1cnn(C=N)c1. The smallest absolute Gasteiger partial charge is 0.259 e. The van der Waals surface area contributed by atoms with Gasteiger partial charge in [0.15, 0.2) is 0 Å². The van der Waals surface area contributed by atoms with Crippen molar-refractivity contribution in [1.29, 1.82) is 10.8 Å². The summed E-state index contributed by atoms with van der Waals surface area (Å²) in [5.74, 6) is -0.373. The average Bonchev–Trinajstić information content (AvgIpc) is 3.22. The second-order valence-electron chi connectivity index (χ2n) is 4.41. The van der Waals surface area contributed by atoms with Crippen LogP contribution in [0.4, 0.5) is 5.00 Å². The van der Waals surface area contributed by atoms with E-state index in [9.17, 15) is 4.79 Å². The Balaban J connectivity index is 1.87. The van der Waals surface area contributed by atoms with Crippen LogP contribution >= 0.6 is 11.3 Å². The maximum Gasteiger partial charge on any atom is 0.259 e. The van der Waals surface area contributed by atoms with Gasteiger partial charge in [-0.25, -0.2) is 9.67 Å². The van der Waals surface area contributed by atoms with Crippen LogP contribution in [0, 0.1) is 10.8 Å². The lowest BCUT2D eigenvalue weighted by Gasteiger charge is -2.00. The number of rotatable bonds is 5. The molecule has 1 amide bonds. The first kappa shape index (κ1) is 14.7. The lowest BCUT2D eigenvalue weighted by atomic mass is 10.3. The summed E-state index contributed by atoms with van der Waals surface area (Å²) in [6.07, 6.45) is 8.23. The van der Waals surface area contributed by atoms with E-state index in [1.54, 1.807) is 18.5 Å². The summed E-state index contributed by atoms with van der Waals surface area (Å²) in [5.41, 5.74) is 1.51. The molecule has 114 valence electrons. The Bertz CT molecular complexity index is 868. The summed E-state index contributed by atoms with van der Waals surface area (Å²) in [6, 6.07) is 3.66. The zero-order valence-electron chi connectivity index (χ0n) is 11.7. The van der Waals surface area contributed by atoms with Crippen LogP contribution in [0.3, 0.4) is 0 Å². The number of pyridine rings is 1. The number of anilines is 1. The minimum atomic E-state index is -0.373. The number of carbonyl (C=O) groups excluding carboxylic acids is 1. The quantitative estimate of drug-likeness (QED) is 0.491. The van der Waals surface area contributed by atoms with E-state index in [1.165, 1.54) is 28.4 Å². The molecule has 0 saturated carbocycles. The first-order valence-corrected chi connectivity index (χ1v) is 7.30. The minimum absolute atomic E-state index is 0.320. The second kappa shape index (κ2) is 6.28. The number of aromatic nitrogens is 4. The molecule has 0 radical (unpaired) electrons. The third-order valence-corrected chi connectivity index (χ3v) is 3.96. The molecule has 0 aliphatic rings. The standard InChI is InChI=1S/C14H11N7OS/c15-4-11-14(20-12(22)10-6-18-21(7-10)8-16)23-13(19-11)9-2-1-3-17-5-9/h1-8,15-16H,(H,20,22). The Morgan fingerprint density at radius 1 is 1.35 bits per heavy atom. The molecule has 0 spiro atoms. The van der Waals surface area contributed by atoms with Gasteiger partial charge in [-0.3, -0.25) is 15.2 Å². The van der Waals surface area contributed by atoms with Gasteiger partial charge in [-0.05, 0) is 12.1 Å². The summed E-state index contributed by atoms with van der Waals surface area (Å²) in [6.45, 7) is 0.